The number of ether oxygens (including phenoxy) is 1. The van der Waals surface area contributed by atoms with Crippen molar-refractivity contribution in [1.82, 2.24) is 15.1 Å². The molecule has 0 aliphatic carbocycles. The zero-order valence-corrected chi connectivity index (χ0v) is 11.9. The third-order valence-corrected chi connectivity index (χ3v) is 3.02. The molecule has 5 nitrogen and oxygen atoms in total. The number of carbonyl (C=O) groups is 1. The molecule has 1 amide bonds. The van der Waals surface area contributed by atoms with Crippen molar-refractivity contribution in [3.05, 3.63) is 0 Å². The summed E-state index contributed by atoms with van der Waals surface area (Å²) in [4.78, 5) is 16.1. The molecule has 1 heterocycles. The lowest BCUT2D eigenvalue weighted by Crippen LogP contribution is -2.41. The average Bonchev–Trinajstić information content (AvgIpc) is 2.56. The lowest BCUT2D eigenvalue weighted by Gasteiger charge is -2.24. The molecular formula is C13H27N3O2. The van der Waals surface area contributed by atoms with E-state index in [1.54, 1.807) is 0 Å². The van der Waals surface area contributed by atoms with Crippen molar-refractivity contribution in [1.29, 1.82) is 0 Å². The molecule has 1 saturated heterocycles. The Morgan fingerprint density at radius 2 is 2.17 bits per heavy atom. The van der Waals surface area contributed by atoms with Crippen molar-refractivity contribution in [2.24, 2.45) is 0 Å². The van der Waals surface area contributed by atoms with E-state index in [1.807, 2.05) is 30.7 Å². The SMILES string of the molecule is CC(C)OCCN(C)CC(=O)N1CCCNCC1. The van der Waals surface area contributed by atoms with Crippen molar-refractivity contribution in [2.75, 3.05) is 52.9 Å². The summed E-state index contributed by atoms with van der Waals surface area (Å²) in [5, 5.41) is 3.30. The van der Waals surface area contributed by atoms with Gasteiger partial charge in [-0.25, -0.2) is 0 Å². The van der Waals surface area contributed by atoms with Crippen molar-refractivity contribution in [2.45, 2.75) is 26.4 Å². The monoisotopic (exact) mass is 257 g/mol. The van der Waals surface area contributed by atoms with Gasteiger partial charge in [0.25, 0.3) is 0 Å². The van der Waals surface area contributed by atoms with Gasteiger partial charge in [0.05, 0.1) is 19.3 Å². The molecule has 1 fully saturated rings. The van der Waals surface area contributed by atoms with Crippen LogP contribution in [0, 0.1) is 0 Å². The van der Waals surface area contributed by atoms with Gasteiger partial charge in [0, 0.05) is 26.2 Å². The van der Waals surface area contributed by atoms with E-state index in [-0.39, 0.29) is 12.0 Å². The van der Waals surface area contributed by atoms with E-state index >= 15 is 0 Å². The topological polar surface area (TPSA) is 44.8 Å². The summed E-state index contributed by atoms with van der Waals surface area (Å²) >= 11 is 0. The number of nitrogens with one attached hydrogen (secondary N) is 1. The van der Waals surface area contributed by atoms with Crippen LogP contribution in [0.5, 0.6) is 0 Å². The quantitative estimate of drug-likeness (QED) is 0.736. The third-order valence-electron chi connectivity index (χ3n) is 3.02. The largest absolute Gasteiger partial charge is 0.377 e. The number of hydrogen-bond acceptors (Lipinski definition) is 4. The molecule has 0 aromatic carbocycles. The van der Waals surface area contributed by atoms with Gasteiger partial charge < -0.3 is 15.0 Å². The summed E-state index contributed by atoms with van der Waals surface area (Å²) in [5.41, 5.74) is 0. The van der Waals surface area contributed by atoms with Crippen molar-refractivity contribution in [3.8, 4) is 0 Å². The first-order valence-electron chi connectivity index (χ1n) is 6.88. The van der Waals surface area contributed by atoms with Crippen LogP contribution >= 0.6 is 0 Å². The first-order chi connectivity index (χ1) is 8.59. The highest BCUT2D eigenvalue weighted by atomic mass is 16.5. The van der Waals surface area contributed by atoms with Gasteiger partial charge in [-0.15, -0.1) is 0 Å². The fraction of sp³-hybridized carbons (Fsp3) is 0.923. The molecule has 1 N–H and O–H groups in total. The van der Waals surface area contributed by atoms with Gasteiger partial charge in [-0.05, 0) is 33.9 Å². The molecule has 18 heavy (non-hydrogen) atoms. The van der Waals surface area contributed by atoms with E-state index in [2.05, 4.69) is 5.32 Å². The van der Waals surface area contributed by atoms with Gasteiger partial charge in [0.2, 0.25) is 5.91 Å². The van der Waals surface area contributed by atoms with E-state index in [0.717, 1.165) is 39.1 Å². The van der Waals surface area contributed by atoms with E-state index in [4.69, 9.17) is 4.74 Å². The number of amides is 1. The highest BCUT2D eigenvalue weighted by Crippen LogP contribution is 1.98. The van der Waals surface area contributed by atoms with Crippen LogP contribution in [0.2, 0.25) is 0 Å². The molecule has 0 aromatic heterocycles. The molecule has 1 rings (SSSR count). The first-order valence-corrected chi connectivity index (χ1v) is 6.88. The van der Waals surface area contributed by atoms with E-state index < -0.39 is 0 Å². The average molecular weight is 257 g/mol. The van der Waals surface area contributed by atoms with Crippen LogP contribution < -0.4 is 5.32 Å². The maximum Gasteiger partial charge on any atom is 0.236 e. The van der Waals surface area contributed by atoms with Gasteiger partial charge in [0.15, 0.2) is 0 Å². The van der Waals surface area contributed by atoms with Gasteiger partial charge in [-0.1, -0.05) is 0 Å². The minimum atomic E-state index is 0.228. The lowest BCUT2D eigenvalue weighted by molar-refractivity contribution is -0.132. The van der Waals surface area contributed by atoms with Crippen LogP contribution in [-0.4, -0.2) is 74.7 Å². The zero-order valence-electron chi connectivity index (χ0n) is 11.9. The van der Waals surface area contributed by atoms with Crippen molar-refractivity contribution >= 4 is 5.91 Å². The second kappa shape index (κ2) is 8.45. The Hall–Kier alpha value is -0.650. The Morgan fingerprint density at radius 3 is 2.89 bits per heavy atom. The van der Waals surface area contributed by atoms with Crippen molar-refractivity contribution in [3.63, 3.8) is 0 Å². The summed E-state index contributed by atoms with van der Waals surface area (Å²) < 4.78 is 5.48. The maximum atomic E-state index is 12.1. The Labute approximate surface area is 110 Å². The van der Waals surface area contributed by atoms with Crippen LogP contribution in [-0.2, 0) is 9.53 Å². The van der Waals surface area contributed by atoms with Crippen LogP contribution in [0.15, 0.2) is 0 Å². The molecule has 0 radical (unpaired) electrons. The third kappa shape index (κ3) is 6.33. The normalized spacial score (nSPS) is 17.3. The fourth-order valence-electron chi connectivity index (χ4n) is 1.95. The van der Waals surface area contributed by atoms with Crippen LogP contribution in [0.3, 0.4) is 0 Å². The Bertz CT molecular complexity index is 238. The summed E-state index contributed by atoms with van der Waals surface area (Å²) in [5.74, 6) is 0.228. The summed E-state index contributed by atoms with van der Waals surface area (Å²) in [6, 6.07) is 0. The number of likely N-dealkylation sites (N-methyl/N-ethyl adjacent to an activating group) is 1. The molecule has 0 saturated carbocycles. The molecule has 0 bridgehead atoms. The highest BCUT2D eigenvalue weighted by molar-refractivity contribution is 5.78. The van der Waals surface area contributed by atoms with E-state index in [0.29, 0.717) is 13.2 Å². The van der Waals surface area contributed by atoms with Crippen molar-refractivity contribution < 1.29 is 9.53 Å². The second-order valence-corrected chi connectivity index (χ2v) is 5.14. The smallest absolute Gasteiger partial charge is 0.236 e. The van der Waals surface area contributed by atoms with Crippen LogP contribution in [0.25, 0.3) is 0 Å². The predicted octanol–water partition coefficient (Wildman–Crippen LogP) is 0.165. The van der Waals surface area contributed by atoms with Gasteiger partial charge in [-0.2, -0.15) is 0 Å². The van der Waals surface area contributed by atoms with Gasteiger partial charge >= 0.3 is 0 Å². The number of nitrogens with zero attached hydrogens (tertiary/aromatic N) is 2. The van der Waals surface area contributed by atoms with Crippen LogP contribution in [0.1, 0.15) is 20.3 Å². The summed E-state index contributed by atoms with van der Waals surface area (Å²) in [6.45, 7) is 9.65. The zero-order chi connectivity index (χ0) is 13.4. The molecule has 0 atom stereocenters. The number of carbonyl (C=O) groups excluding carboxylic acids is 1. The number of rotatable bonds is 6. The summed E-state index contributed by atoms with van der Waals surface area (Å²) in [7, 11) is 1.97. The van der Waals surface area contributed by atoms with E-state index in [9.17, 15) is 4.79 Å². The standard InChI is InChI=1S/C13H27N3O2/c1-12(2)18-10-9-15(3)11-13(17)16-7-4-5-14-6-8-16/h12,14H,4-11H2,1-3H3. The minimum absolute atomic E-state index is 0.228. The molecule has 1 aliphatic heterocycles. The molecular weight excluding hydrogens is 230 g/mol. The predicted molar refractivity (Wildman–Crippen MR) is 72.7 cm³/mol. The molecule has 0 aromatic rings. The lowest BCUT2D eigenvalue weighted by atomic mass is 10.3. The van der Waals surface area contributed by atoms with Gasteiger partial charge in [0.1, 0.15) is 0 Å². The Kier molecular flexibility index (Phi) is 7.23. The first kappa shape index (κ1) is 15.4. The summed E-state index contributed by atoms with van der Waals surface area (Å²) in [6.07, 6.45) is 1.30. The minimum Gasteiger partial charge on any atom is -0.377 e. The van der Waals surface area contributed by atoms with E-state index in [1.165, 1.54) is 0 Å². The molecule has 0 unspecified atom stereocenters. The van der Waals surface area contributed by atoms with Gasteiger partial charge in [-0.3, -0.25) is 9.69 Å². The molecule has 106 valence electrons. The van der Waals surface area contributed by atoms with Crippen LogP contribution in [0.4, 0.5) is 0 Å². The maximum absolute atomic E-state index is 12.1. The Morgan fingerprint density at radius 1 is 1.39 bits per heavy atom. The molecule has 1 aliphatic rings. The molecule has 0 spiro atoms. The number of hydrogen-bond donors (Lipinski definition) is 1. The fourth-order valence-corrected chi connectivity index (χ4v) is 1.95. The second-order valence-electron chi connectivity index (χ2n) is 5.14. The molecule has 5 heteroatoms. The Balaban J connectivity index is 2.21. The highest BCUT2D eigenvalue weighted by Gasteiger charge is 2.16.